The van der Waals surface area contributed by atoms with Crippen LogP contribution in [0.25, 0.3) is 0 Å². The Morgan fingerprint density at radius 2 is 1.88 bits per heavy atom. The van der Waals surface area contributed by atoms with E-state index < -0.39 is 6.09 Å². The Morgan fingerprint density at radius 3 is 2.38 bits per heavy atom. The van der Waals surface area contributed by atoms with Crippen LogP contribution in [0.2, 0.25) is 0 Å². The van der Waals surface area contributed by atoms with E-state index in [0.29, 0.717) is 5.82 Å². The second kappa shape index (κ2) is 4.78. The number of carbonyl (C=O) groups is 1. The van der Waals surface area contributed by atoms with Crippen LogP contribution in [0.15, 0.2) is 6.07 Å². The Balaban J connectivity index is 2.92. The fraction of sp³-hybridized carbons (Fsp3) is 0.500. The molecule has 0 aliphatic rings. The lowest BCUT2D eigenvalue weighted by Gasteiger charge is -2.14. The van der Waals surface area contributed by atoms with Crippen molar-refractivity contribution in [2.45, 2.75) is 6.92 Å². The average molecular weight is 224 g/mol. The van der Waals surface area contributed by atoms with Gasteiger partial charge in [-0.25, -0.2) is 4.79 Å². The second-order valence-corrected chi connectivity index (χ2v) is 3.81. The van der Waals surface area contributed by atoms with Crippen LogP contribution in [0.1, 0.15) is 5.69 Å². The number of hydrogen-bond donors (Lipinski definition) is 0. The zero-order chi connectivity index (χ0) is 12.3. The van der Waals surface area contributed by atoms with Gasteiger partial charge >= 0.3 is 12.1 Å². The molecule has 88 valence electrons. The first-order valence-corrected chi connectivity index (χ1v) is 4.82. The van der Waals surface area contributed by atoms with Gasteiger partial charge < -0.3 is 14.5 Å². The summed E-state index contributed by atoms with van der Waals surface area (Å²) in [4.78, 5) is 22.6. The van der Waals surface area contributed by atoms with Crippen LogP contribution in [0.3, 0.4) is 0 Å². The minimum Gasteiger partial charge on any atom is -0.374 e. The molecule has 6 heteroatoms. The molecule has 1 rings (SSSR count). The third-order valence-corrected chi connectivity index (χ3v) is 1.82. The second-order valence-electron chi connectivity index (χ2n) is 3.81. The summed E-state index contributed by atoms with van der Waals surface area (Å²) < 4.78 is 4.99. The summed E-state index contributed by atoms with van der Waals surface area (Å²) in [5.41, 5.74) is 0.750. The average Bonchev–Trinajstić information content (AvgIpc) is 2.16. The lowest BCUT2D eigenvalue weighted by atomic mass is 10.4. The van der Waals surface area contributed by atoms with Gasteiger partial charge in [0.1, 0.15) is 5.82 Å². The number of aryl methyl sites for hydroxylation is 1. The molecule has 1 amide bonds. The third kappa shape index (κ3) is 3.08. The highest BCUT2D eigenvalue weighted by molar-refractivity contribution is 5.69. The summed E-state index contributed by atoms with van der Waals surface area (Å²) in [6.45, 7) is 1.82. The van der Waals surface area contributed by atoms with Crippen LogP contribution >= 0.6 is 0 Å². The molecular formula is C10H16N4O2. The molecule has 0 atom stereocenters. The predicted molar refractivity (Wildman–Crippen MR) is 60.8 cm³/mol. The monoisotopic (exact) mass is 224 g/mol. The van der Waals surface area contributed by atoms with Gasteiger partial charge in [-0.2, -0.15) is 9.97 Å². The smallest absolute Gasteiger partial charge is 0.374 e. The molecule has 0 saturated heterocycles. The van der Waals surface area contributed by atoms with Gasteiger partial charge in [-0.15, -0.1) is 0 Å². The number of hydrogen-bond acceptors (Lipinski definition) is 5. The Labute approximate surface area is 94.9 Å². The fourth-order valence-corrected chi connectivity index (χ4v) is 0.969. The van der Waals surface area contributed by atoms with Crippen molar-refractivity contribution in [2.75, 3.05) is 33.1 Å². The Hall–Kier alpha value is -1.85. The number of nitrogens with zero attached hydrogens (tertiary/aromatic N) is 4. The van der Waals surface area contributed by atoms with Crippen LogP contribution < -0.4 is 9.64 Å². The molecule has 6 nitrogen and oxygen atoms in total. The molecule has 1 aromatic rings. The van der Waals surface area contributed by atoms with Crippen molar-refractivity contribution < 1.29 is 9.53 Å². The molecule has 0 radical (unpaired) electrons. The van der Waals surface area contributed by atoms with Crippen LogP contribution in [0, 0.1) is 6.92 Å². The van der Waals surface area contributed by atoms with Crippen molar-refractivity contribution in [1.29, 1.82) is 0 Å². The maximum atomic E-state index is 11.3. The summed E-state index contributed by atoms with van der Waals surface area (Å²) in [6, 6.07) is 1.88. The van der Waals surface area contributed by atoms with Gasteiger partial charge in [0.25, 0.3) is 0 Å². The maximum Gasteiger partial charge on any atom is 0.417 e. The third-order valence-electron chi connectivity index (χ3n) is 1.82. The van der Waals surface area contributed by atoms with E-state index >= 15 is 0 Å². The molecule has 0 fully saturated rings. The quantitative estimate of drug-likeness (QED) is 0.747. The van der Waals surface area contributed by atoms with Crippen molar-refractivity contribution >= 4 is 11.9 Å². The van der Waals surface area contributed by atoms with Crippen molar-refractivity contribution in [3.05, 3.63) is 11.8 Å². The predicted octanol–water partition coefficient (Wildman–Crippen LogP) is 0.911. The molecule has 0 bridgehead atoms. The highest BCUT2D eigenvalue weighted by Crippen LogP contribution is 2.13. The summed E-state index contributed by atoms with van der Waals surface area (Å²) >= 11 is 0. The zero-order valence-corrected chi connectivity index (χ0v) is 10.2. The van der Waals surface area contributed by atoms with Crippen LogP contribution in [-0.4, -0.2) is 49.2 Å². The molecule has 0 spiro atoms. The van der Waals surface area contributed by atoms with Crippen molar-refractivity contribution in [2.24, 2.45) is 0 Å². The minimum atomic E-state index is -0.490. The topological polar surface area (TPSA) is 58.6 Å². The Morgan fingerprint density at radius 1 is 1.25 bits per heavy atom. The first-order valence-electron chi connectivity index (χ1n) is 4.82. The molecule has 1 heterocycles. The molecule has 16 heavy (non-hydrogen) atoms. The number of ether oxygens (including phenoxy) is 1. The van der Waals surface area contributed by atoms with E-state index in [0.717, 1.165) is 5.69 Å². The normalized spacial score (nSPS) is 9.81. The fourth-order valence-electron chi connectivity index (χ4n) is 0.969. The van der Waals surface area contributed by atoms with Gasteiger partial charge in [-0.3, -0.25) is 0 Å². The molecule has 0 aliphatic heterocycles. The van der Waals surface area contributed by atoms with Gasteiger partial charge in [-0.05, 0) is 6.92 Å². The van der Waals surface area contributed by atoms with Gasteiger partial charge in [0, 0.05) is 40.0 Å². The molecule has 0 aromatic carbocycles. The van der Waals surface area contributed by atoms with E-state index in [4.69, 9.17) is 4.74 Å². The number of anilines is 1. The largest absolute Gasteiger partial charge is 0.417 e. The highest BCUT2D eigenvalue weighted by Gasteiger charge is 2.11. The van der Waals surface area contributed by atoms with Gasteiger partial charge in [0.2, 0.25) is 0 Å². The molecule has 0 aliphatic carbocycles. The van der Waals surface area contributed by atoms with Crippen LogP contribution in [0.5, 0.6) is 6.01 Å². The summed E-state index contributed by atoms with van der Waals surface area (Å²) in [5, 5.41) is 0. The molecule has 0 unspecified atom stereocenters. The van der Waals surface area contributed by atoms with E-state index in [1.165, 1.54) is 4.90 Å². The Bertz CT molecular complexity index is 390. The van der Waals surface area contributed by atoms with E-state index in [2.05, 4.69) is 9.97 Å². The van der Waals surface area contributed by atoms with Crippen molar-refractivity contribution in [1.82, 2.24) is 14.9 Å². The number of carbonyl (C=O) groups excluding carboxylic acids is 1. The number of aromatic nitrogens is 2. The first kappa shape index (κ1) is 12.2. The molecule has 0 saturated carbocycles. The van der Waals surface area contributed by atoms with E-state index in [1.54, 1.807) is 14.1 Å². The van der Waals surface area contributed by atoms with Crippen LogP contribution in [0.4, 0.5) is 10.6 Å². The molecule has 0 N–H and O–H groups in total. The van der Waals surface area contributed by atoms with E-state index in [9.17, 15) is 4.79 Å². The van der Waals surface area contributed by atoms with Gasteiger partial charge in [-0.1, -0.05) is 0 Å². The van der Waals surface area contributed by atoms with Gasteiger partial charge in [0.15, 0.2) is 0 Å². The summed E-state index contributed by atoms with van der Waals surface area (Å²) in [7, 11) is 6.93. The SMILES string of the molecule is Cc1cc(N(C)C)nc(OC(=O)N(C)C)n1. The lowest BCUT2D eigenvalue weighted by Crippen LogP contribution is -2.26. The standard InChI is InChI=1S/C10H16N4O2/c1-7-6-8(13(2)3)12-9(11-7)16-10(15)14(4)5/h6H,1-5H3. The molecule has 1 aromatic heterocycles. The summed E-state index contributed by atoms with van der Waals surface area (Å²) in [5.74, 6) is 0.703. The lowest BCUT2D eigenvalue weighted by molar-refractivity contribution is 0.168. The first-order chi connectivity index (χ1) is 7.40. The van der Waals surface area contributed by atoms with E-state index in [-0.39, 0.29) is 6.01 Å². The van der Waals surface area contributed by atoms with Crippen LogP contribution in [-0.2, 0) is 0 Å². The van der Waals surface area contributed by atoms with Crippen molar-refractivity contribution in [3.8, 4) is 6.01 Å². The number of rotatable bonds is 2. The van der Waals surface area contributed by atoms with Gasteiger partial charge in [0.05, 0.1) is 0 Å². The zero-order valence-electron chi connectivity index (χ0n) is 10.2. The van der Waals surface area contributed by atoms with Crippen molar-refractivity contribution in [3.63, 3.8) is 0 Å². The number of amides is 1. The van der Waals surface area contributed by atoms with E-state index in [1.807, 2.05) is 32.0 Å². The maximum absolute atomic E-state index is 11.3. The summed E-state index contributed by atoms with van der Waals surface area (Å²) in [6.07, 6.45) is -0.490. The Kier molecular flexibility index (Phi) is 3.65. The highest BCUT2D eigenvalue weighted by atomic mass is 16.6. The minimum absolute atomic E-state index is 0.0717. The molecular weight excluding hydrogens is 208 g/mol.